The zero-order valence-electron chi connectivity index (χ0n) is 16.2. The fourth-order valence-electron chi connectivity index (χ4n) is 3.97. The first kappa shape index (κ1) is 20.2. The van der Waals surface area contributed by atoms with Crippen LogP contribution < -0.4 is 20.9 Å². The van der Waals surface area contributed by atoms with Gasteiger partial charge in [-0.1, -0.05) is 41.9 Å². The van der Waals surface area contributed by atoms with E-state index in [0.29, 0.717) is 23.3 Å². The number of ether oxygens (including phenoxy) is 2. The quantitative estimate of drug-likeness (QED) is 0.644. The molecule has 30 heavy (non-hydrogen) atoms. The lowest BCUT2D eigenvalue weighted by atomic mass is 9.85. The van der Waals surface area contributed by atoms with Crippen molar-refractivity contribution in [3.63, 3.8) is 0 Å². The van der Waals surface area contributed by atoms with E-state index >= 15 is 4.39 Å². The molecule has 0 aromatic heterocycles. The van der Waals surface area contributed by atoms with Gasteiger partial charge >= 0.3 is 0 Å². The van der Waals surface area contributed by atoms with Crippen LogP contribution in [0.2, 0.25) is 5.02 Å². The van der Waals surface area contributed by atoms with E-state index in [1.54, 1.807) is 12.1 Å². The molecule has 5 nitrogen and oxygen atoms in total. The third-order valence-corrected chi connectivity index (χ3v) is 5.77. The first-order valence-corrected chi connectivity index (χ1v) is 9.72. The van der Waals surface area contributed by atoms with Gasteiger partial charge in [-0.05, 0) is 29.8 Å². The van der Waals surface area contributed by atoms with Gasteiger partial charge in [0.25, 0.3) is 0 Å². The minimum absolute atomic E-state index is 0.00631. The minimum Gasteiger partial charge on any atom is -0.494 e. The fraction of sp³-hybridized carbons (Fsp3) is 0.174. The second-order valence-electron chi connectivity index (χ2n) is 7.11. The van der Waals surface area contributed by atoms with Crippen molar-refractivity contribution in [2.75, 3.05) is 13.7 Å². The van der Waals surface area contributed by atoms with Gasteiger partial charge in [-0.15, -0.1) is 0 Å². The van der Waals surface area contributed by atoms with Gasteiger partial charge in [0.15, 0.2) is 17.2 Å². The molecular weight excluding hydrogens is 407 g/mol. The summed E-state index contributed by atoms with van der Waals surface area (Å²) in [6.07, 6.45) is 0.355. The molecule has 1 aliphatic heterocycles. The molecule has 0 saturated heterocycles. The van der Waals surface area contributed by atoms with Gasteiger partial charge in [-0.25, -0.2) is 4.39 Å². The summed E-state index contributed by atoms with van der Waals surface area (Å²) < 4.78 is 26.8. The number of nitrogens with two attached hydrogens (primary N) is 2. The van der Waals surface area contributed by atoms with Gasteiger partial charge in [0.1, 0.15) is 5.75 Å². The number of benzene rings is 3. The van der Waals surface area contributed by atoms with Gasteiger partial charge in [0.05, 0.1) is 12.7 Å². The number of methoxy groups -OCH3 is 1. The molecule has 154 valence electrons. The summed E-state index contributed by atoms with van der Waals surface area (Å²) in [6.45, 7) is 0.200. The Balaban J connectivity index is 1.96. The lowest BCUT2D eigenvalue weighted by Gasteiger charge is -2.27. The molecule has 3 aromatic carbocycles. The van der Waals surface area contributed by atoms with Gasteiger partial charge < -0.3 is 20.9 Å². The number of rotatable bonds is 5. The summed E-state index contributed by atoms with van der Waals surface area (Å²) in [6, 6.07) is 15.7. The Kier molecular flexibility index (Phi) is 5.13. The molecule has 0 bridgehead atoms. The highest BCUT2D eigenvalue weighted by molar-refractivity contribution is 6.34. The lowest BCUT2D eigenvalue weighted by Crippen LogP contribution is -2.39. The summed E-state index contributed by atoms with van der Waals surface area (Å²) in [5.41, 5.74) is 12.8. The first-order valence-electron chi connectivity index (χ1n) is 9.34. The van der Waals surface area contributed by atoms with Gasteiger partial charge in [0.2, 0.25) is 5.91 Å². The van der Waals surface area contributed by atoms with Crippen molar-refractivity contribution in [1.29, 1.82) is 0 Å². The Bertz CT molecular complexity index is 1140. The van der Waals surface area contributed by atoms with E-state index in [4.69, 9.17) is 32.5 Å². The van der Waals surface area contributed by atoms with Crippen LogP contribution in [-0.4, -0.2) is 19.6 Å². The number of hydrogen-bond acceptors (Lipinski definition) is 4. The molecule has 1 aliphatic rings. The van der Waals surface area contributed by atoms with Crippen LogP contribution in [0, 0.1) is 5.82 Å². The highest BCUT2D eigenvalue weighted by atomic mass is 35.5. The number of fused-ring (bicyclic) bond motifs is 1. The molecule has 0 aliphatic carbocycles. The van der Waals surface area contributed by atoms with E-state index in [2.05, 4.69) is 0 Å². The summed E-state index contributed by atoms with van der Waals surface area (Å²) >= 11 is 6.52. The number of primary amides is 1. The van der Waals surface area contributed by atoms with Crippen molar-refractivity contribution in [1.82, 2.24) is 0 Å². The van der Waals surface area contributed by atoms with Crippen LogP contribution in [-0.2, 0) is 12.0 Å². The van der Waals surface area contributed by atoms with E-state index in [9.17, 15) is 4.79 Å². The normalized spacial score (nSPS) is 17.3. The van der Waals surface area contributed by atoms with Crippen molar-refractivity contribution in [3.8, 4) is 22.6 Å². The van der Waals surface area contributed by atoms with Crippen LogP contribution in [0.5, 0.6) is 11.5 Å². The molecular formula is C23H20ClFN2O3. The molecule has 1 atom stereocenters. The zero-order chi connectivity index (χ0) is 21.5. The minimum atomic E-state index is -0.828. The number of amides is 1. The largest absolute Gasteiger partial charge is 0.494 e. The highest BCUT2D eigenvalue weighted by Gasteiger charge is 2.42. The third-order valence-electron chi connectivity index (χ3n) is 5.46. The molecule has 1 heterocycles. The molecule has 4 rings (SSSR count). The monoisotopic (exact) mass is 426 g/mol. The van der Waals surface area contributed by atoms with E-state index in [0.717, 1.165) is 5.56 Å². The summed E-state index contributed by atoms with van der Waals surface area (Å²) in [5.74, 6) is -0.974. The number of carbonyl (C=O) groups is 1. The van der Waals surface area contributed by atoms with Crippen LogP contribution in [0.4, 0.5) is 4.39 Å². The zero-order valence-corrected chi connectivity index (χ0v) is 17.0. The molecule has 0 unspecified atom stereocenters. The van der Waals surface area contributed by atoms with Crippen molar-refractivity contribution >= 4 is 17.5 Å². The molecule has 3 aromatic rings. The third kappa shape index (κ3) is 3.09. The van der Waals surface area contributed by atoms with Crippen LogP contribution in [0.25, 0.3) is 11.1 Å². The number of halogens is 2. The summed E-state index contributed by atoms with van der Waals surface area (Å²) in [5, 5.41) is 0.271. The molecule has 0 fully saturated rings. The molecule has 0 saturated carbocycles. The van der Waals surface area contributed by atoms with E-state index < -0.39 is 17.3 Å². The molecule has 7 heteroatoms. The number of hydrogen-bond donors (Lipinski definition) is 2. The molecule has 4 N–H and O–H groups in total. The number of carbonyl (C=O) groups excluding carboxylic acids is 1. The van der Waals surface area contributed by atoms with Gasteiger partial charge in [0, 0.05) is 34.7 Å². The van der Waals surface area contributed by atoms with Crippen LogP contribution in [0.3, 0.4) is 0 Å². The average Bonchev–Trinajstić information content (AvgIpc) is 3.15. The average molecular weight is 427 g/mol. The first-order chi connectivity index (χ1) is 14.4. The summed E-state index contributed by atoms with van der Waals surface area (Å²) in [7, 11) is 1.35. The Labute approximate surface area is 178 Å². The summed E-state index contributed by atoms with van der Waals surface area (Å²) in [4.78, 5) is 12.1. The topological polar surface area (TPSA) is 87.6 Å². The Morgan fingerprint density at radius 3 is 2.53 bits per heavy atom. The van der Waals surface area contributed by atoms with Crippen molar-refractivity contribution in [2.24, 2.45) is 11.5 Å². The van der Waals surface area contributed by atoms with E-state index in [1.165, 1.54) is 19.2 Å². The predicted octanol–water partition coefficient (Wildman–Crippen LogP) is 4.04. The lowest BCUT2D eigenvalue weighted by molar-refractivity contribution is 0.1000. The second-order valence-corrected chi connectivity index (χ2v) is 7.52. The van der Waals surface area contributed by atoms with Crippen molar-refractivity contribution < 1.29 is 18.7 Å². The van der Waals surface area contributed by atoms with Crippen LogP contribution in [0.15, 0.2) is 54.6 Å². The van der Waals surface area contributed by atoms with Gasteiger partial charge in [-0.3, -0.25) is 4.79 Å². The molecule has 1 amide bonds. The van der Waals surface area contributed by atoms with E-state index in [1.807, 2.05) is 30.3 Å². The second kappa shape index (κ2) is 7.63. The van der Waals surface area contributed by atoms with Crippen molar-refractivity contribution in [3.05, 3.63) is 82.1 Å². The highest BCUT2D eigenvalue weighted by Crippen LogP contribution is 2.49. The molecule has 0 spiro atoms. The molecule has 0 radical (unpaired) electrons. The maximum absolute atomic E-state index is 15.4. The maximum atomic E-state index is 15.4. The van der Waals surface area contributed by atoms with Gasteiger partial charge in [-0.2, -0.15) is 0 Å². The van der Waals surface area contributed by atoms with Crippen LogP contribution >= 0.6 is 11.6 Å². The van der Waals surface area contributed by atoms with E-state index in [-0.39, 0.29) is 28.4 Å². The Morgan fingerprint density at radius 1 is 1.17 bits per heavy atom. The van der Waals surface area contributed by atoms with Crippen molar-refractivity contribution in [2.45, 2.75) is 12.0 Å². The fourth-order valence-corrected chi connectivity index (χ4v) is 4.24. The Morgan fingerprint density at radius 2 is 1.90 bits per heavy atom. The standard InChI is InChI=1S/C23H20ClFN2O3/c1-29-18-9-7-14(22(27)28)20(21(18)25)19-15-11-23(12-26,13-5-3-2-4-6-13)30-17(15)10-8-16(19)24/h2-10H,11-12,26H2,1H3,(H2,27,28)/t23-/m1/s1. The van der Waals surface area contributed by atoms with Crippen LogP contribution in [0.1, 0.15) is 21.5 Å². The smallest absolute Gasteiger partial charge is 0.249 e. The SMILES string of the molecule is COc1ccc(C(N)=O)c(-c2c(Cl)ccc3c2C[C@@](CN)(c2ccccc2)O3)c1F. The predicted molar refractivity (Wildman–Crippen MR) is 113 cm³/mol. The maximum Gasteiger partial charge on any atom is 0.249 e. The Hall–Kier alpha value is -3.09.